The van der Waals surface area contributed by atoms with E-state index >= 15 is 0 Å². The van der Waals surface area contributed by atoms with Gasteiger partial charge in [0.15, 0.2) is 6.29 Å². The van der Waals surface area contributed by atoms with E-state index in [9.17, 15) is 14.7 Å². The molecule has 0 aromatic heterocycles. The Morgan fingerprint density at radius 2 is 1.61 bits per heavy atom. The minimum absolute atomic E-state index is 0.0105. The summed E-state index contributed by atoms with van der Waals surface area (Å²) in [6, 6.07) is 7.12. The molecule has 0 saturated heterocycles. The average Bonchev–Trinajstić information content (AvgIpc) is 2.55. The molecule has 7 heteroatoms. The van der Waals surface area contributed by atoms with E-state index in [0.717, 1.165) is 5.56 Å². The summed E-state index contributed by atoms with van der Waals surface area (Å²) in [6.45, 7) is 10.9. The lowest BCUT2D eigenvalue weighted by atomic mass is 9.93. The van der Waals surface area contributed by atoms with Gasteiger partial charge in [-0.15, -0.1) is 0 Å². The second kappa shape index (κ2) is 10.0. The summed E-state index contributed by atoms with van der Waals surface area (Å²) < 4.78 is 11.0. The molecule has 1 rings (SSSR count). The molecule has 0 spiro atoms. The molecule has 0 heterocycles. The number of benzene rings is 1. The highest BCUT2D eigenvalue weighted by molar-refractivity contribution is 5.77. The van der Waals surface area contributed by atoms with Crippen LogP contribution in [0, 0.1) is 5.92 Å². The van der Waals surface area contributed by atoms with Gasteiger partial charge >= 0.3 is 5.97 Å². The monoisotopic (exact) mass is 395 g/mol. The van der Waals surface area contributed by atoms with Crippen molar-refractivity contribution in [1.29, 1.82) is 0 Å². The average molecular weight is 395 g/mol. The summed E-state index contributed by atoms with van der Waals surface area (Å²) >= 11 is 0. The van der Waals surface area contributed by atoms with Crippen LogP contribution in [-0.2, 0) is 25.5 Å². The summed E-state index contributed by atoms with van der Waals surface area (Å²) in [5.41, 5.74) is 1.95. The van der Waals surface area contributed by atoms with Crippen LogP contribution in [0.1, 0.15) is 71.8 Å². The number of aliphatic hydroxyl groups is 1. The number of nitrogens with one attached hydrogen (secondary N) is 1. The molecule has 7 nitrogen and oxygen atoms in total. The van der Waals surface area contributed by atoms with Crippen molar-refractivity contribution in [3.8, 4) is 0 Å². The zero-order valence-corrected chi connectivity index (χ0v) is 17.6. The van der Waals surface area contributed by atoms with Gasteiger partial charge in [0.05, 0.1) is 11.5 Å². The van der Waals surface area contributed by atoms with Crippen molar-refractivity contribution >= 4 is 11.9 Å². The second-order valence-corrected chi connectivity index (χ2v) is 8.83. The van der Waals surface area contributed by atoms with Crippen LogP contribution >= 0.6 is 0 Å². The highest BCUT2D eigenvalue weighted by Crippen LogP contribution is 2.24. The third-order valence-electron chi connectivity index (χ3n) is 3.80. The van der Waals surface area contributed by atoms with Crippen LogP contribution in [0.15, 0.2) is 24.3 Å². The zero-order valence-electron chi connectivity index (χ0n) is 17.6. The standard InChI is InChI=1S/C21H33NO6/c1-20(2,3)27-18(24)15-9-7-14(8-10-15)13-16(11-12-17(23)22-26)19(25)28-21(4,5)6/h7-10,16,18,24,26H,11-13H2,1-6H3,(H,22,23). The highest BCUT2D eigenvalue weighted by Gasteiger charge is 2.26. The maximum atomic E-state index is 12.5. The first kappa shape index (κ1) is 24.1. The van der Waals surface area contributed by atoms with Crippen molar-refractivity contribution in [2.45, 2.75) is 78.3 Å². The summed E-state index contributed by atoms with van der Waals surface area (Å²) in [7, 11) is 0. The second-order valence-electron chi connectivity index (χ2n) is 8.83. The Morgan fingerprint density at radius 3 is 2.07 bits per heavy atom. The van der Waals surface area contributed by atoms with Gasteiger partial charge in [0.2, 0.25) is 5.91 Å². The van der Waals surface area contributed by atoms with Gasteiger partial charge in [-0.1, -0.05) is 24.3 Å². The van der Waals surface area contributed by atoms with E-state index in [2.05, 4.69) is 0 Å². The fourth-order valence-electron chi connectivity index (χ4n) is 2.56. The van der Waals surface area contributed by atoms with Gasteiger partial charge in [0, 0.05) is 12.0 Å². The molecule has 1 aromatic rings. The van der Waals surface area contributed by atoms with Gasteiger partial charge < -0.3 is 14.6 Å². The van der Waals surface area contributed by atoms with Crippen molar-refractivity contribution in [1.82, 2.24) is 5.48 Å². The predicted molar refractivity (Wildman–Crippen MR) is 104 cm³/mol. The number of esters is 1. The quantitative estimate of drug-likeness (QED) is 0.270. The van der Waals surface area contributed by atoms with Crippen LogP contribution in [-0.4, -0.2) is 33.4 Å². The summed E-state index contributed by atoms with van der Waals surface area (Å²) in [5.74, 6) is -1.47. The molecule has 0 aliphatic carbocycles. The number of carbonyl (C=O) groups is 2. The van der Waals surface area contributed by atoms with Crippen LogP contribution in [0.5, 0.6) is 0 Å². The Bertz CT molecular complexity index is 642. The summed E-state index contributed by atoms with van der Waals surface area (Å²) in [4.78, 5) is 23.9. The molecular formula is C21H33NO6. The molecular weight excluding hydrogens is 362 g/mol. The van der Waals surface area contributed by atoms with Gasteiger partial charge in [-0.2, -0.15) is 0 Å². The number of aliphatic hydroxyl groups excluding tert-OH is 1. The molecule has 0 aliphatic heterocycles. The number of ether oxygens (including phenoxy) is 2. The number of rotatable bonds is 8. The van der Waals surface area contributed by atoms with Gasteiger partial charge in [-0.25, -0.2) is 5.48 Å². The van der Waals surface area contributed by atoms with Crippen LogP contribution in [0.4, 0.5) is 0 Å². The maximum Gasteiger partial charge on any atom is 0.309 e. The molecule has 28 heavy (non-hydrogen) atoms. The minimum Gasteiger partial charge on any atom is -0.460 e. The Labute approximate surface area is 167 Å². The largest absolute Gasteiger partial charge is 0.460 e. The van der Waals surface area contributed by atoms with E-state index in [-0.39, 0.29) is 12.8 Å². The van der Waals surface area contributed by atoms with Crippen LogP contribution in [0.25, 0.3) is 0 Å². The number of hydroxylamine groups is 1. The van der Waals surface area contributed by atoms with Gasteiger partial charge in [-0.05, 0) is 59.9 Å². The molecule has 0 radical (unpaired) electrons. The predicted octanol–water partition coefficient (Wildman–Crippen LogP) is 3.28. The third kappa shape index (κ3) is 9.30. The van der Waals surface area contributed by atoms with E-state index in [4.69, 9.17) is 14.7 Å². The lowest BCUT2D eigenvalue weighted by molar-refractivity contribution is -0.169. The Hall–Kier alpha value is -1.96. The molecule has 2 atom stereocenters. The normalized spacial score (nSPS) is 14.3. The topological polar surface area (TPSA) is 105 Å². The van der Waals surface area contributed by atoms with Crippen molar-refractivity contribution in [2.24, 2.45) is 5.92 Å². The van der Waals surface area contributed by atoms with Crippen LogP contribution in [0.2, 0.25) is 0 Å². The fourth-order valence-corrected chi connectivity index (χ4v) is 2.56. The number of hydrogen-bond acceptors (Lipinski definition) is 6. The molecule has 3 N–H and O–H groups in total. The molecule has 0 aliphatic rings. The first-order valence-electron chi connectivity index (χ1n) is 9.41. The third-order valence-corrected chi connectivity index (χ3v) is 3.80. The zero-order chi connectivity index (χ0) is 21.5. The van der Waals surface area contributed by atoms with Gasteiger partial charge in [-0.3, -0.25) is 14.8 Å². The van der Waals surface area contributed by atoms with Crippen molar-refractivity contribution < 1.29 is 29.4 Å². The highest BCUT2D eigenvalue weighted by atomic mass is 16.6. The van der Waals surface area contributed by atoms with Gasteiger partial charge in [0.25, 0.3) is 0 Å². The van der Waals surface area contributed by atoms with E-state index in [0.29, 0.717) is 12.0 Å². The first-order chi connectivity index (χ1) is 12.8. The fraction of sp³-hybridized carbons (Fsp3) is 0.619. The van der Waals surface area contributed by atoms with E-state index < -0.39 is 35.3 Å². The van der Waals surface area contributed by atoms with E-state index in [1.807, 2.05) is 32.9 Å². The lowest BCUT2D eigenvalue weighted by Gasteiger charge is -2.25. The summed E-state index contributed by atoms with van der Waals surface area (Å²) in [5, 5.41) is 18.8. The van der Waals surface area contributed by atoms with Crippen molar-refractivity contribution in [3.05, 3.63) is 35.4 Å². The molecule has 1 amide bonds. The first-order valence-corrected chi connectivity index (χ1v) is 9.41. The van der Waals surface area contributed by atoms with Crippen molar-refractivity contribution in [2.75, 3.05) is 0 Å². The molecule has 2 unspecified atom stereocenters. The number of amides is 1. The SMILES string of the molecule is CC(C)(C)OC(=O)C(CCC(=O)NO)Cc1ccc(C(O)OC(C)(C)C)cc1. The molecule has 0 bridgehead atoms. The van der Waals surface area contributed by atoms with Crippen molar-refractivity contribution in [3.63, 3.8) is 0 Å². The van der Waals surface area contributed by atoms with Gasteiger partial charge in [0.1, 0.15) is 5.60 Å². The maximum absolute atomic E-state index is 12.5. The molecule has 158 valence electrons. The van der Waals surface area contributed by atoms with Crippen LogP contribution < -0.4 is 5.48 Å². The smallest absolute Gasteiger partial charge is 0.309 e. The molecule has 0 fully saturated rings. The molecule has 0 saturated carbocycles. The Kier molecular flexibility index (Phi) is 8.60. The number of hydrogen-bond donors (Lipinski definition) is 3. The molecule has 1 aromatic carbocycles. The van der Waals surface area contributed by atoms with E-state index in [1.165, 1.54) is 0 Å². The van der Waals surface area contributed by atoms with Crippen LogP contribution in [0.3, 0.4) is 0 Å². The number of carbonyl (C=O) groups excluding carboxylic acids is 2. The minimum atomic E-state index is -1.04. The van der Waals surface area contributed by atoms with E-state index in [1.54, 1.807) is 38.4 Å². The Morgan fingerprint density at radius 1 is 1.04 bits per heavy atom. The Balaban J connectivity index is 2.86. The lowest BCUT2D eigenvalue weighted by Crippen LogP contribution is -2.31. The summed E-state index contributed by atoms with van der Waals surface area (Å²) in [6.07, 6.45) is -0.400.